The number of nitrogens with one attached hydrogen (secondary N) is 1. The minimum Gasteiger partial charge on any atom is -0.490 e. The molecule has 1 amide bonds. The Hall–Kier alpha value is -3.74. The molecule has 41 heavy (non-hydrogen) atoms. The quantitative estimate of drug-likeness (QED) is 0.206. The molecule has 0 radical (unpaired) electrons. The van der Waals surface area contributed by atoms with Crippen LogP contribution in [-0.2, 0) is 17.6 Å². The zero-order valence-electron chi connectivity index (χ0n) is 23.7. The van der Waals surface area contributed by atoms with Gasteiger partial charge in [0.25, 0.3) is 0 Å². The molecule has 4 aromatic rings. The molecule has 1 aromatic heterocycles. The zero-order valence-corrected chi connectivity index (χ0v) is 23.7. The standard InChI is InChI=1S/C35H41N3O3/c39-31(26-41-34-21-9-20-33-32(34)19-10-22-36-33)25-38-23-29(24-38)35(40)37-30(17-7-15-27-11-3-1-4-12-27)18-8-16-28-13-5-2-6-14-28/h1-6,9-14,19-22,29-31,39H,7-8,15-18,23-26H2,(H,37,40). The lowest BCUT2D eigenvalue weighted by atomic mass is 9.95. The Kier molecular flexibility index (Phi) is 10.4. The zero-order chi connectivity index (χ0) is 28.3. The van der Waals surface area contributed by atoms with Crippen molar-refractivity contribution in [1.82, 2.24) is 15.2 Å². The van der Waals surface area contributed by atoms with Gasteiger partial charge in [0, 0.05) is 37.3 Å². The van der Waals surface area contributed by atoms with E-state index >= 15 is 0 Å². The normalized spacial score (nSPS) is 14.6. The predicted molar refractivity (Wildman–Crippen MR) is 164 cm³/mol. The summed E-state index contributed by atoms with van der Waals surface area (Å²) in [6.07, 6.45) is 7.24. The maximum Gasteiger partial charge on any atom is 0.225 e. The van der Waals surface area contributed by atoms with Crippen LogP contribution < -0.4 is 10.1 Å². The summed E-state index contributed by atoms with van der Waals surface area (Å²) >= 11 is 0. The van der Waals surface area contributed by atoms with Gasteiger partial charge in [-0.3, -0.25) is 14.7 Å². The molecular formula is C35H41N3O3. The van der Waals surface area contributed by atoms with Crippen molar-refractivity contribution in [2.75, 3.05) is 26.2 Å². The molecule has 0 aliphatic carbocycles. The van der Waals surface area contributed by atoms with Crippen LogP contribution in [0.25, 0.3) is 10.9 Å². The van der Waals surface area contributed by atoms with Gasteiger partial charge in [-0.15, -0.1) is 0 Å². The van der Waals surface area contributed by atoms with Crippen molar-refractivity contribution in [2.24, 2.45) is 5.92 Å². The SMILES string of the molecule is O=C(NC(CCCc1ccccc1)CCCc1ccccc1)C1CN(CC(O)COc2cccc3ncccc23)C1. The third-order valence-corrected chi connectivity index (χ3v) is 7.90. The van der Waals surface area contributed by atoms with Crippen molar-refractivity contribution in [3.8, 4) is 5.75 Å². The number of aryl methyl sites for hydroxylation is 2. The summed E-state index contributed by atoms with van der Waals surface area (Å²) in [5.74, 6) is 0.832. The maximum absolute atomic E-state index is 13.1. The number of ether oxygens (including phenoxy) is 1. The number of fused-ring (bicyclic) bond motifs is 1. The number of amides is 1. The first-order valence-corrected chi connectivity index (χ1v) is 14.9. The molecule has 0 saturated carbocycles. The molecule has 1 unspecified atom stereocenters. The van der Waals surface area contributed by atoms with Crippen molar-refractivity contribution in [1.29, 1.82) is 0 Å². The van der Waals surface area contributed by atoms with Gasteiger partial charge in [-0.25, -0.2) is 0 Å². The van der Waals surface area contributed by atoms with E-state index < -0.39 is 6.10 Å². The van der Waals surface area contributed by atoms with Crippen LogP contribution in [0.1, 0.15) is 36.8 Å². The fraction of sp³-hybridized carbons (Fsp3) is 0.371. The molecule has 6 nitrogen and oxygen atoms in total. The van der Waals surface area contributed by atoms with Gasteiger partial charge in [0.1, 0.15) is 18.5 Å². The molecule has 214 valence electrons. The summed E-state index contributed by atoms with van der Waals surface area (Å²) in [7, 11) is 0. The van der Waals surface area contributed by atoms with Crippen LogP contribution in [0, 0.1) is 5.92 Å². The molecule has 1 atom stereocenters. The van der Waals surface area contributed by atoms with Crippen molar-refractivity contribution in [3.63, 3.8) is 0 Å². The van der Waals surface area contributed by atoms with Gasteiger partial charge in [0.05, 0.1) is 11.4 Å². The number of hydrogen-bond donors (Lipinski definition) is 2. The first kappa shape index (κ1) is 28.8. The molecule has 2 N–H and O–H groups in total. The van der Waals surface area contributed by atoms with Gasteiger partial charge >= 0.3 is 0 Å². The first-order chi connectivity index (χ1) is 20.1. The lowest BCUT2D eigenvalue weighted by molar-refractivity contribution is -0.131. The number of aliphatic hydroxyl groups is 1. The summed E-state index contributed by atoms with van der Waals surface area (Å²) in [4.78, 5) is 19.6. The average Bonchev–Trinajstić information content (AvgIpc) is 2.98. The number of aromatic nitrogens is 1. The van der Waals surface area contributed by atoms with Gasteiger partial charge in [-0.05, 0) is 73.9 Å². The Morgan fingerprint density at radius 1 is 0.878 bits per heavy atom. The van der Waals surface area contributed by atoms with Gasteiger partial charge in [-0.2, -0.15) is 0 Å². The number of rotatable bonds is 15. The number of β-amino-alcohol motifs (C(OH)–C–C–N with tert-alkyl or cyclic N) is 1. The van der Waals surface area contributed by atoms with E-state index in [4.69, 9.17) is 4.74 Å². The molecule has 6 heteroatoms. The van der Waals surface area contributed by atoms with E-state index in [-0.39, 0.29) is 24.5 Å². The smallest absolute Gasteiger partial charge is 0.225 e. The number of pyridine rings is 1. The first-order valence-electron chi connectivity index (χ1n) is 14.9. The molecule has 2 heterocycles. The Morgan fingerprint density at radius 3 is 2.20 bits per heavy atom. The minimum absolute atomic E-state index is 0.0296. The monoisotopic (exact) mass is 551 g/mol. The molecule has 1 fully saturated rings. The highest BCUT2D eigenvalue weighted by atomic mass is 16.5. The summed E-state index contributed by atoms with van der Waals surface area (Å²) < 4.78 is 5.92. The van der Waals surface area contributed by atoms with Crippen LogP contribution >= 0.6 is 0 Å². The maximum atomic E-state index is 13.1. The highest BCUT2D eigenvalue weighted by molar-refractivity contribution is 5.84. The second kappa shape index (κ2) is 14.8. The van der Waals surface area contributed by atoms with Gasteiger partial charge < -0.3 is 15.2 Å². The van der Waals surface area contributed by atoms with E-state index in [1.165, 1.54) is 11.1 Å². The third kappa shape index (κ3) is 8.62. The van der Waals surface area contributed by atoms with Crippen LogP contribution in [0.4, 0.5) is 0 Å². The fourth-order valence-electron chi connectivity index (χ4n) is 5.62. The van der Waals surface area contributed by atoms with Crippen LogP contribution in [0.2, 0.25) is 0 Å². The fourth-order valence-corrected chi connectivity index (χ4v) is 5.62. The van der Waals surface area contributed by atoms with E-state index in [0.29, 0.717) is 19.6 Å². The Morgan fingerprint density at radius 2 is 1.54 bits per heavy atom. The van der Waals surface area contributed by atoms with Gasteiger partial charge in [-0.1, -0.05) is 66.7 Å². The Bertz CT molecular complexity index is 1310. The predicted octanol–water partition coefficient (Wildman–Crippen LogP) is 5.44. The van der Waals surface area contributed by atoms with Crippen molar-refractivity contribution in [3.05, 3.63) is 108 Å². The van der Waals surface area contributed by atoms with Crippen LogP contribution in [0.15, 0.2) is 97.2 Å². The molecule has 0 bridgehead atoms. The Labute approximate surface area is 243 Å². The molecule has 1 saturated heterocycles. The third-order valence-electron chi connectivity index (χ3n) is 7.90. The lowest BCUT2D eigenvalue weighted by Gasteiger charge is -2.39. The molecule has 5 rings (SSSR count). The van der Waals surface area contributed by atoms with E-state index in [1.54, 1.807) is 6.20 Å². The summed E-state index contributed by atoms with van der Waals surface area (Å²) in [6, 6.07) is 30.9. The van der Waals surface area contributed by atoms with Crippen LogP contribution in [-0.4, -0.2) is 59.3 Å². The highest BCUT2D eigenvalue weighted by Crippen LogP contribution is 2.24. The van der Waals surface area contributed by atoms with Gasteiger partial charge in [0.15, 0.2) is 0 Å². The summed E-state index contributed by atoms with van der Waals surface area (Å²) in [6.45, 7) is 2.03. The van der Waals surface area contributed by atoms with Crippen LogP contribution in [0.3, 0.4) is 0 Å². The number of benzene rings is 3. The number of likely N-dealkylation sites (tertiary alicyclic amines) is 1. The average molecular weight is 552 g/mol. The number of nitrogens with zero attached hydrogens (tertiary/aromatic N) is 2. The van der Waals surface area contributed by atoms with Crippen molar-refractivity contribution in [2.45, 2.75) is 50.7 Å². The van der Waals surface area contributed by atoms with E-state index in [0.717, 1.165) is 55.2 Å². The second-order valence-corrected chi connectivity index (χ2v) is 11.2. The molecule has 0 spiro atoms. The minimum atomic E-state index is -0.630. The number of hydrogen-bond acceptors (Lipinski definition) is 5. The molecule has 3 aromatic carbocycles. The molecule has 1 aliphatic rings. The second-order valence-electron chi connectivity index (χ2n) is 11.2. The largest absolute Gasteiger partial charge is 0.490 e. The molecule has 1 aliphatic heterocycles. The summed E-state index contributed by atoms with van der Waals surface area (Å²) in [5, 5.41) is 14.9. The number of carbonyl (C=O) groups is 1. The Balaban J connectivity index is 1.05. The van der Waals surface area contributed by atoms with E-state index in [1.807, 2.05) is 42.5 Å². The topological polar surface area (TPSA) is 74.7 Å². The van der Waals surface area contributed by atoms with Gasteiger partial charge in [0.2, 0.25) is 5.91 Å². The number of aliphatic hydroxyl groups excluding tert-OH is 1. The number of carbonyl (C=O) groups excluding carboxylic acids is 1. The highest BCUT2D eigenvalue weighted by Gasteiger charge is 2.34. The van der Waals surface area contributed by atoms with E-state index in [9.17, 15) is 9.90 Å². The van der Waals surface area contributed by atoms with Crippen molar-refractivity contribution >= 4 is 16.8 Å². The molecular weight excluding hydrogens is 510 g/mol. The van der Waals surface area contributed by atoms with E-state index in [2.05, 4.69) is 63.7 Å². The van der Waals surface area contributed by atoms with Crippen LogP contribution in [0.5, 0.6) is 5.75 Å². The van der Waals surface area contributed by atoms with Crippen molar-refractivity contribution < 1.29 is 14.6 Å². The summed E-state index contributed by atoms with van der Waals surface area (Å²) in [5.41, 5.74) is 3.56. The lowest BCUT2D eigenvalue weighted by Crippen LogP contribution is -2.57.